The van der Waals surface area contributed by atoms with Crippen molar-refractivity contribution in [1.29, 1.82) is 0 Å². The first-order valence-electron chi connectivity index (χ1n) is 14.0. The smallest absolute Gasteiger partial charge is 0.251 e. The van der Waals surface area contributed by atoms with Gasteiger partial charge < -0.3 is 19.8 Å². The number of anilines is 1. The molecule has 7 nitrogen and oxygen atoms in total. The van der Waals surface area contributed by atoms with Crippen LogP contribution in [0.3, 0.4) is 0 Å². The number of hydrogen-bond donors (Lipinski definition) is 1. The number of aryl methyl sites for hydroxylation is 2. The molecule has 3 fully saturated rings. The van der Waals surface area contributed by atoms with Crippen molar-refractivity contribution in [3.63, 3.8) is 0 Å². The van der Waals surface area contributed by atoms with Crippen molar-refractivity contribution in [1.82, 2.24) is 9.80 Å². The monoisotopic (exact) mass is 553 g/mol. The van der Waals surface area contributed by atoms with Gasteiger partial charge in [0.1, 0.15) is 6.04 Å². The maximum atomic E-state index is 14.7. The zero-order valence-corrected chi connectivity index (χ0v) is 24.6. The summed E-state index contributed by atoms with van der Waals surface area (Å²) in [6, 6.07) is 5.40. The van der Waals surface area contributed by atoms with Crippen LogP contribution >= 0.6 is 11.8 Å². The molecular formula is C31H43N3O4S. The van der Waals surface area contributed by atoms with Crippen molar-refractivity contribution in [2.24, 2.45) is 11.8 Å². The predicted molar refractivity (Wildman–Crippen MR) is 158 cm³/mol. The number of benzene rings is 1. The highest BCUT2D eigenvalue weighted by Crippen LogP contribution is 2.71. The number of nitrogens with zero attached hydrogens (tertiary/aromatic N) is 3. The second kappa shape index (κ2) is 11.5. The molecule has 1 aromatic carbocycles. The third-order valence-corrected chi connectivity index (χ3v) is 10.8. The van der Waals surface area contributed by atoms with Crippen LogP contribution in [0.2, 0.25) is 0 Å². The van der Waals surface area contributed by atoms with Gasteiger partial charge in [-0.15, -0.1) is 24.9 Å². The Balaban J connectivity index is 1.79. The largest absolute Gasteiger partial charge is 0.396 e. The third kappa shape index (κ3) is 4.95. The number of rotatable bonds is 12. The summed E-state index contributed by atoms with van der Waals surface area (Å²) in [6.07, 6.45) is 7.05. The normalized spacial score (nSPS) is 28.9. The summed E-state index contributed by atoms with van der Waals surface area (Å²) < 4.78 is -1.07. The number of carbonyl (C=O) groups excluding carboxylic acids is 3. The second-order valence-electron chi connectivity index (χ2n) is 11.6. The Hall–Kier alpha value is -2.58. The number of aliphatic hydroxyl groups excluding tert-OH is 1. The molecule has 212 valence electrons. The molecule has 3 saturated heterocycles. The first-order valence-corrected chi connectivity index (χ1v) is 14.8. The van der Waals surface area contributed by atoms with Crippen LogP contribution in [-0.2, 0) is 14.4 Å². The summed E-state index contributed by atoms with van der Waals surface area (Å²) in [6.45, 7) is 15.1. The molecule has 3 aliphatic rings. The molecule has 0 aromatic heterocycles. The molecule has 3 amide bonds. The van der Waals surface area contributed by atoms with E-state index in [1.54, 1.807) is 45.7 Å². The highest BCUT2D eigenvalue weighted by Gasteiger charge is 2.77. The minimum absolute atomic E-state index is 0.0457. The van der Waals surface area contributed by atoms with Gasteiger partial charge in [0, 0.05) is 43.7 Å². The number of likely N-dealkylation sites (N-methyl/N-ethyl adjacent to an activating group) is 1. The van der Waals surface area contributed by atoms with E-state index in [-0.39, 0.29) is 24.3 Å². The van der Waals surface area contributed by atoms with Crippen LogP contribution in [-0.4, -0.2) is 81.5 Å². The summed E-state index contributed by atoms with van der Waals surface area (Å²) in [5.41, 5.74) is 2.86. The van der Waals surface area contributed by atoms with Crippen molar-refractivity contribution in [2.75, 3.05) is 38.2 Å². The lowest BCUT2D eigenvalue weighted by molar-refractivity contribution is -0.144. The van der Waals surface area contributed by atoms with Gasteiger partial charge in [0.25, 0.3) is 5.91 Å². The van der Waals surface area contributed by atoms with E-state index in [9.17, 15) is 19.5 Å². The van der Waals surface area contributed by atoms with E-state index < -0.39 is 27.4 Å². The Kier molecular flexibility index (Phi) is 8.67. The summed E-state index contributed by atoms with van der Waals surface area (Å²) in [5, 5.41) is 9.29. The van der Waals surface area contributed by atoms with Gasteiger partial charge >= 0.3 is 0 Å². The number of thioether (sulfide) groups is 1. The molecule has 8 heteroatoms. The van der Waals surface area contributed by atoms with Gasteiger partial charge in [-0.05, 0) is 70.1 Å². The van der Waals surface area contributed by atoms with Gasteiger partial charge in [0.2, 0.25) is 11.8 Å². The molecule has 1 aromatic rings. The molecule has 3 aliphatic heterocycles. The van der Waals surface area contributed by atoms with E-state index >= 15 is 0 Å². The highest BCUT2D eigenvalue weighted by atomic mass is 32.2. The fourth-order valence-electron chi connectivity index (χ4n) is 7.01. The van der Waals surface area contributed by atoms with Crippen molar-refractivity contribution in [3.05, 3.63) is 54.6 Å². The van der Waals surface area contributed by atoms with Crippen LogP contribution in [0.25, 0.3) is 0 Å². The van der Waals surface area contributed by atoms with E-state index in [4.69, 9.17) is 0 Å². The van der Waals surface area contributed by atoms with Gasteiger partial charge in [-0.3, -0.25) is 14.4 Å². The highest BCUT2D eigenvalue weighted by molar-refractivity contribution is 8.02. The first-order chi connectivity index (χ1) is 18.6. The van der Waals surface area contributed by atoms with Crippen molar-refractivity contribution in [2.45, 2.75) is 68.4 Å². The number of unbranched alkanes of at least 4 members (excludes halogenated alkanes) is 2. The summed E-state index contributed by atoms with van der Waals surface area (Å²) in [4.78, 5) is 48.0. The van der Waals surface area contributed by atoms with Gasteiger partial charge in [-0.2, -0.15) is 0 Å². The van der Waals surface area contributed by atoms with Crippen LogP contribution in [0.15, 0.2) is 43.5 Å². The van der Waals surface area contributed by atoms with E-state index in [2.05, 4.69) is 20.1 Å². The third-order valence-electron chi connectivity index (χ3n) is 8.85. The molecule has 1 N–H and O–H groups in total. The SMILES string of the molecule is C=CCN(C)C(=O)[C@H]1[C@H]2C(=O)N(CCCCCO)C(C(=O)N(CC=C)c3cc(C)ccc3C)C23CC[C@]1(C)S3. The number of likely N-dealkylation sites (tertiary alicyclic amines) is 1. The van der Waals surface area contributed by atoms with Crippen LogP contribution in [0, 0.1) is 25.7 Å². The van der Waals surface area contributed by atoms with E-state index in [0.717, 1.165) is 36.1 Å². The lowest BCUT2D eigenvalue weighted by Crippen LogP contribution is -2.55. The fraction of sp³-hybridized carbons (Fsp3) is 0.581. The molecule has 0 saturated carbocycles. The molecule has 4 rings (SSSR count). The summed E-state index contributed by atoms with van der Waals surface area (Å²) in [5.74, 6) is -1.27. The standard InChI is InChI=1S/C31H43N3O4S/c1-7-16-32(6)27(36)24-25-28(37)34(18-10-9-11-19-35)26(31(25)15-14-30(24,5)39-31)29(38)33(17-8-2)23-20-21(3)12-13-22(23)4/h7-8,12-13,20,24-26,35H,1-2,9-11,14-19H2,3-6H3/t24-,25+,26?,30+,31?/m1/s1. The molecule has 0 radical (unpaired) electrons. The lowest BCUT2D eigenvalue weighted by Gasteiger charge is -2.38. The van der Waals surface area contributed by atoms with Crippen LogP contribution in [0.1, 0.15) is 50.2 Å². The zero-order valence-electron chi connectivity index (χ0n) is 23.8. The van der Waals surface area contributed by atoms with Crippen molar-refractivity contribution < 1.29 is 19.5 Å². The lowest BCUT2D eigenvalue weighted by atomic mass is 9.66. The van der Waals surface area contributed by atoms with Crippen molar-refractivity contribution in [3.8, 4) is 0 Å². The Bertz CT molecular complexity index is 1150. The van der Waals surface area contributed by atoms with Crippen LogP contribution in [0.4, 0.5) is 5.69 Å². The number of hydrogen-bond acceptors (Lipinski definition) is 5. The number of fused-ring (bicyclic) bond motifs is 1. The maximum absolute atomic E-state index is 14.7. The maximum Gasteiger partial charge on any atom is 0.251 e. The summed E-state index contributed by atoms with van der Waals surface area (Å²) in [7, 11) is 1.76. The van der Waals surface area contributed by atoms with Crippen molar-refractivity contribution >= 4 is 35.2 Å². The second-order valence-corrected chi connectivity index (χ2v) is 13.5. The molecule has 3 heterocycles. The Labute approximate surface area is 237 Å². The number of carbonyl (C=O) groups is 3. The fourth-order valence-corrected chi connectivity index (χ4v) is 9.35. The number of amides is 3. The van der Waals surface area contributed by atoms with E-state index in [1.807, 2.05) is 32.0 Å². The molecule has 5 atom stereocenters. The zero-order chi connectivity index (χ0) is 28.5. The average molecular weight is 554 g/mol. The van der Waals surface area contributed by atoms with Gasteiger partial charge in [-0.1, -0.05) is 24.3 Å². The van der Waals surface area contributed by atoms with Crippen LogP contribution < -0.4 is 4.90 Å². The van der Waals surface area contributed by atoms with Gasteiger partial charge in [-0.25, -0.2) is 0 Å². The summed E-state index contributed by atoms with van der Waals surface area (Å²) >= 11 is 1.70. The molecule has 2 unspecified atom stereocenters. The van der Waals surface area contributed by atoms with Gasteiger partial charge in [0.05, 0.1) is 16.6 Å². The quantitative estimate of drug-likeness (QED) is 0.311. The van der Waals surface area contributed by atoms with E-state index in [1.165, 1.54) is 0 Å². The molecule has 0 aliphatic carbocycles. The topological polar surface area (TPSA) is 81.2 Å². The minimum atomic E-state index is -0.668. The Morgan fingerprint density at radius 3 is 2.51 bits per heavy atom. The predicted octanol–water partition coefficient (Wildman–Crippen LogP) is 4.11. The number of aliphatic hydroxyl groups is 1. The Morgan fingerprint density at radius 1 is 1.13 bits per heavy atom. The van der Waals surface area contributed by atoms with Gasteiger partial charge in [0.15, 0.2) is 0 Å². The molecular weight excluding hydrogens is 510 g/mol. The van der Waals surface area contributed by atoms with Crippen LogP contribution in [0.5, 0.6) is 0 Å². The molecule has 1 spiro atoms. The van der Waals surface area contributed by atoms with E-state index in [0.29, 0.717) is 32.5 Å². The molecule has 2 bridgehead atoms. The first kappa shape index (κ1) is 29.4. The minimum Gasteiger partial charge on any atom is -0.396 e. The Morgan fingerprint density at radius 2 is 1.85 bits per heavy atom. The molecule has 39 heavy (non-hydrogen) atoms. The average Bonchev–Trinajstić information content (AvgIpc) is 3.47.